The van der Waals surface area contributed by atoms with E-state index in [1.807, 2.05) is 17.0 Å². The summed E-state index contributed by atoms with van der Waals surface area (Å²) in [4.78, 5) is 76.5. The number of nitrogens with one attached hydrogen (secondary N) is 1. The van der Waals surface area contributed by atoms with Gasteiger partial charge in [0.2, 0.25) is 17.7 Å². The number of rotatable bonds is 10. The van der Waals surface area contributed by atoms with E-state index in [-0.39, 0.29) is 36.3 Å². The highest BCUT2D eigenvalue weighted by molar-refractivity contribution is 6.25. The van der Waals surface area contributed by atoms with Gasteiger partial charge in [0.15, 0.2) is 5.82 Å². The molecular weight excluding hydrogens is 873 g/mol. The van der Waals surface area contributed by atoms with E-state index in [0.29, 0.717) is 60.1 Å². The lowest BCUT2D eigenvalue weighted by Crippen LogP contribution is -2.54. The Morgan fingerprint density at radius 3 is 2.28 bits per heavy atom. The van der Waals surface area contributed by atoms with Crippen molar-refractivity contribution in [1.29, 1.82) is 0 Å². The zero-order chi connectivity index (χ0) is 47.0. The minimum absolute atomic E-state index is 0.0146. The summed E-state index contributed by atoms with van der Waals surface area (Å²) in [6.07, 6.45) is 7.51. The lowest BCUT2D eigenvalue weighted by molar-refractivity contribution is -0.136. The minimum atomic E-state index is -2.66. The standard InChI is InChI=1S/C50H59F2N11O5/c1-30(64)59-20-14-40-39(29-59)47(61-15-4-5-32-23-37(33-25-53-56(2)26-33)38(46(51)52)24-43(32)61)55-63(40)35-12-18-58(19-13-35)22-21-57-16-10-31(11-17-57)34-27-60(28-34)41-7-3-6-36-45(41)50(68)62(49(36)67)42-8-9-44(65)54-48(42)66/h3,6-7,23-26,31,34-35,42,46H,4-5,8-22,27-29H2,1-2H3,(H,54,65,66). The van der Waals surface area contributed by atoms with Crippen molar-refractivity contribution in [2.45, 2.75) is 89.8 Å². The van der Waals surface area contributed by atoms with Gasteiger partial charge in [-0.2, -0.15) is 10.2 Å². The van der Waals surface area contributed by atoms with Gasteiger partial charge in [0, 0.05) is 113 Å². The molecule has 68 heavy (non-hydrogen) atoms. The summed E-state index contributed by atoms with van der Waals surface area (Å²) in [6.45, 7) is 11.1. The summed E-state index contributed by atoms with van der Waals surface area (Å²) >= 11 is 0. The number of carbonyl (C=O) groups is 5. The van der Waals surface area contributed by atoms with Crippen molar-refractivity contribution in [1.82, 2.24) is 44.5 Å². The van der Waals surface area contributed by atoms with Gasteiger partial charge >= 0.3 is 0 Å². The molecule has 18 heteroatoms. The fourth-order valence-corrected chi connectivity index (χ4v) is 12.2. The molecule has 11 rings (SSSR count). The molecular formula is C50H59F2N11O5. The number of hydrogen-bond donors (Lipinski definition) is 1. The first-order valence-corrected chi connectivity index (χ1v) is 24.5. The van der Waals surface area contributed by atoms with Gasteiger partial charge in [-0.3, -0.25) is 43.6 Å². The third kappa shape index (κ3) is 7.96. The number of imide groups is 2. The molecule has 4 saturated heterocycles. The number of hydrogen-bond acceptors (Lipinski definition) is 11. The number of nitrogens with zero attached hydrogens (tertiary/aromatic N) is 10. The molecule has 4 aromatic rings. The van der Waals surface area contributed by atoms with Crippen molar-refractivity contribution < 1.29 is 32.8 Å². The molecule has 0 saturated carbocycles. The number of likely N-dealkylation sites (tertiary alicyclic amines) is 2. The maximum Gasteiger partial charge on any atom is 0.264 e. The second-order valence-corrected chi connectivity index (χ2v) is 20.0. The van der Waals surface area contributed by atoms with Gasteiger partial charge in [-0.25, -0.2) is 8.78 Å². The van der Waals surface area contributed by atoms with Gasteiger partial charge in [-0.1, -0.05) is 6.07 Å². The predicted molar refractivity (Wildman–Crippen MR) is 249 cm³/mol. The van der Waals surface area contributed by atoms with Crippen molar-refractivity contribution in [3.8, 4) is 11.1 Å². The molecule has 5 amide bonds. The molecule has 4 fully saturated rings. The fourth-order valence-electron chi connectivity index (χ4n) is 12.2. The summed E-state index contributed by atoms with van der Waals surface area (Å²) < 4.78 is 33.4. The van der Waals surface area contributed by atoms with Crippen LogP contribution in [-0.4, -0.2) is 140 Å². The van der Waals surface area contributed by atoms with Gasteiger partial charge in [-0.05, 0) is 105 Å². The van der Waals surface area contributed by atoms with Gasteiger partial charge in [0.05, 0.1) is 35.6 Å². The SMILES string of the molecule is CC(=O)N1CCc2c(c(N3CCCc4cc(-c5cnn(C)c5)c(C(F)F)cc43)nn2C2CCN(CCN3CCC(C4CN(c5cccc6c5C(=O)N(C5CCC(=O)NC5=O)C6=O)C4)CC3)CC2)C1. The Hall–Kier alpha value is -6.01. The van der Waals surface area contributed by atoms with Crippen molar-refractivity contribution in [3.05, 3.63) is 76.2 Å². The largest absolute Gasteiger partial charge is 0.370 e. The van der Waals surface area contributed by atoms with Crippen LogP contribution in [-0.2, 0) is 40.8 Å². The van der Waals surface area contributed by atoms with E-state index in [4.69, 9.17) is 5.10 Å². The van der Waals surface area contributed by atoms with Crippen LogP contribution >= 0.6 is 0 Å². The molecule has 0 spiro atoms. The van der Waals surface area contributed by atoms with E-state index >= 15 is 0 Å². The average molecular weight is 932 g/mol. The van der Waals surface area contributed by atoms with Crippen molar-refractivity contribution >= 4 is 46.7 Å². The Morgan fingerprint density at radius 1 is 0.838 bits per heavy atom. The number of anilines is 3. The quantitative estimate of drug-likeness (QED) is 0.212. The van der Waals surface area contributed by atoms with Crippen molar-refractivity contribution in [3.63, 3.8) is 0 Å². The topological polar surface area (TPSA) is 152 Å². The Bertz CT molecular complexity index is 2680. The molecule has 7 aliphatic heterocycles. The Balaban J connectivity index is 0.698. The van der Waals surface area contributed by atoms with Crippen LogP contribution in [0.4, 0.5) is 26.0 Å². The number of amides is 5. The Morgan fingerprint density at radius 2 is 1.59 bits per heavy atom. The highest BCUT2D eigenvalue weighted by Crippen LogP contribution is 2.45. The van der Waals surface area contributed by atoms with Crippen LogP contribution in [0.1, 0.15) is 107 Å². The third-order valence-corrected chi connectivity index (χ3v) is 16.0. The molecule has 9 heterocycles. The van der Waals surface area contributed by atoms with Crippen LogP contribution in [0.15, 0.2) is 42.7 Å². The van der Waals surface area contributed by atoms with Crippen LogP contribution in [0.25, 0.3) is 11.1 Å². The molecule has 2 aromatic carbocycles. The number of carbonyl (C=O) groups excluding carboxylic acids is 5. The number of piperidine rings is 3. The molecule has 7 aliphatic rings. The molecule has 0 bridgehead atoms. The smallest absolute Gasteiger partial charge is 0.264 e. The first-order chi connectivity index (χ1) is 32.9. The predicted octanol–water partition coefficient (Wildman–Crippen LogP) is 5.10. The first kappa shape index (κ1) is 44.5. The van der Waals surface area contributed by atoms with E-state index in [1.165, 1.54) is 0 Å². The highest BCUT2D eigenvalue weighted by Gasteiger charge is 2.47. The number of aryl methyl sites for hydroxylation is 2. The van der Waals surface area contributed by atoms with Gasteiger partial charge in [0.1, 0.15) is 6.04 Å². The Labute approximate surface area is 394 Å². The zero-order valence-corrected chi connectivity index (χ0v) is 38.8. The molecule has 358 valence electrons. The second-order valence-electron chi connectivity index (χ2n) is 20.0. The normalized spacial score (nSPS) is 22.2. The maximum absolute atomic E-state index is 14.8. The summed E-state index contributed by atoms with van der Waals surface area (Å²) in [5.41, 5.74) is 6.58. The van der Waals surface area contributed by atoms with Gasteiger partial charge in [-0.15, -0.1) is 0 Å². The molecule has 1 N–H and O–H groups in total. The molecule has 2 aromatic heterocycles. The van der Waals surface area contributed by atoms with Crippen LogP contribution in [0, 0.1) is 11.8 Å². The number of fused-ring (bicyclic) bond motifs is 3. The van der Waals surface area contributed by atoms with E-state index < -0.39 is 30.2 Å². The van der Waals surface area contributed by atoms with Crippen molar-refractivity contribution in [2.75, 3.05) is 75.2 Å². The number of benzene rings is 2. The summed E-state index contributed by atoms with van der Waals surface area (Å²) in [5.74, 6) is -0.0175. The van der Waals surface area contributed by atoms with Crippen LogP contribution in [0.2, 0.25) is 0 Å². The average Bonchev–Trinajstić information content (AvgIpc) is 4.01. The van der Waals surface area contributed by atoms with E-state index in [9.17, 15) is 32.8 Å². The molecule has 1 atom stereocenters. The van der Waals surface area contributed by atoms with Gasteiger partial charge < -0.3 is 24.5 Å². The third-order valence-electron chi connectivity index (χ3n) is 16.0. The number of halogens is 2. The van der Waals surface area contributed by atoms with Gasteiger partial charge in [0.25, 0.3) is 18.2 Å². The van der Waals surface area contributed by atoms with E-state index in [1.54, 1.807) is 49.2 Å². The lowest BCUT2D eigenvalue weighted by atomic mass is 9.79. The van der Waals surface area contributed by atoms with Crippen LogP contribution in [0.3, 0.4) is 0 Å². The molecule has 16 nitrogen and oxygen atoms in total. The first-order valence-electron chi connectivity index (χ1n) is 24.5. The van der Waals surface area contributed by atoms with E-state index in [0.717, 1.165) is 130 Å². The summed E-state index contributed by atoms with van der Waals surface area (Å²) in [6, 6.07) is 8.16. The monoisotopic (exact) mass is 931 g/mol. The Kier molecular flexibility index (Phi) is 11.7. The van der Waals surface area contributed by atoms with Crippen LogP contribution < -0.4 is 15.1 Å². The molecule has 1 unspecified atom stereocenters. The lowest BCUT2D eigenvalue weighted by Gasteiger charge is -2.47. The summed E-state index contributed by atoms with van der Waals surface area (Å²) in [5, 5.41) is 11.9. The maximum atomic E-state index is 14.8. The number of alkyl halides is 2. The number of aromatic nitrogens is 4. The molecule has 0 aliphatic carbocycles. The van der Waals surface area contributed by atoms with E-state index in [2.05, 4.69) is 34.7 Å². The van der Waals surface area contributed by atoms with Crippen molar-refractivity contribution in [2.24, 2.45) is 18.9 Å². The molecule has 0 radical (unpaired) electrons. The zero-order valence-electron chi connectivity index (χ0n) is 38.8. The highest BCUT2D eigenvalue weighted by atomic mass is 19.3. The minimum Gasteiger partial charge on any atom is -0.370 e. The fraction of sp³-hybridized carbons (Fsp3) is 0.540. The summed E-state index contributed by atoms with van der Waals surface area (Å²) in [7, 11) is 1.79. The van der Waals surface area contributed by atoms with Crippen LogP contribution in [0.5, 0.6) is 0 Å². The second kappa shape index (κ2) is 17.8.